The van der Waals surface area contributed by atoms with E-state index in [4.69, 9.17) is 23.2 Å². The van der Waals surface area contributed by atoms with E-state index in [0.717, 1.165) is 5.56 Å². The average molecular weight is 309 g/mol. The third-order valence-corrected chi connectivity index (χ3v) is 3.45. The molecule has 20 heavy (non-hydrogen) atoms. The summed E-state index contributed by atoms with van der Waals surface area (Å²) in [7, 11) is 0. The fraction of sp³-hybridized carbons (Fsp3) is 0.200. The van der Waals surface area contributed by atoms with Crippen LogP contribution < -0.4 is 0 Å². The van der Waals surface area contributed by atoms with Crippen molar-refractivity contribution in [2.75, 3.05) is 6.54 Å². The summed E-state index contributed by atoms with van der Waals surface area (Å²) >= 11 is 11.9. The van der Waals surface area contributed by atoms with Gasteiger partial charge in [0.1, 0.15) is 5.15 Å². The van der Waals surface area contributed by atoms with Gasteiger partial charge in [-0.25, -0.2) is 4.98 Å². The molecule has 0 fully saturated rings. The Bertz CT molecular complexity index is 602. The predicted octanol–water partition coefficient (Wildman–Crippen LogP) is 4.05. The molecule has 104 valence electrons. The lowest BCUT2D eigenvalue weighted by atomic mass is 10.2. The van der Waals surface area contributed by atoms with Crippen molar-refractivity contribution in [1.29, 1.82) is 0 Å². The lowest BCUT2D eigenvalue weighted by Gasteiger charge is -2.21. The van der Waals surface area contributed by atoms with Crippen LogP contribution in [0.3, 0.4) is 0 Å². The Morgan fingerprint density at radius 2 is 1.95 bits per heavy atom. The molecule has 3 nitrogen and oxygen atoms in total. The maximum absolute atomic E-state index is 12.5. The Balaban J connectivity index is 2.23. The van der Waals surface area contributed by atoms with E-state index in [1.807, 2.05) is 37.3 Å². The van der Waals surface area contributed by atoms with Gasteiger partial charge in [0.25, 0.3) is 5.91 Å². The average Bonchev–Trinajstić information content (AvgIpc) is 2.47. The van der Waals surface area contributed by atoms with Gasteiger partial charge in [-0.2, -0.15) is 0 Å². The molecule has 0 unspecified atom stereocenters. The molecule has 0 saturated carbocycles. The maximum Gasteiger partial charge on any atom is 0.255 e. The van der Waals surface area contributed by atoms with Crippen LogP contribution >= 0.6 is 23.2 Å². The van der Waals surface area contributed by atoms with E-state index in [1.54, 1.807) is 4.90 Å². The molecule has 0 N–H and O–H groups in total. The third kappa shape index (κ3) is 3.50. The van der Waals surface area contributed by atoms with E-state index < -0.39 is 0 Å². The molecule has 0 aliphatic carbocycles. The summed E-state index contributed by atoms with van der Waals surface area (Å²) in [6.45, 7) is 3.05. The fourth-order valence-corrected chi connectivity index (χ4v) is 2.22. The number of carbonyl (C=O) groups excluding carboxylic acids is 1. The number of carbonyl (C=O) groups is 1. The van der Waals surface area contributed by atoms with Crippen LogP contribution in [0.5, 0.6) is 0 Å². The first kappa shape index (κ1) is 14.8. The first-order valence-corrected chi connectivity index (χ1v) is 7.01. The highest BCUT2D eigenvalue weighted by Crippen LogP contribution is 2.20. The van der Waals surface area contributed by atoms with Gasteiger partial charge >= 0.3 is 0 Å². The van der Waals surface area contributed by atoms with Gasteiger partial charge in [0, 0.05) is 19.3 Å². The molecule has 0 saturated heterocycles. The molecule has 0 bridgehead atoms. The Kier molecular flexibility index (Phi) is 4.99. The van der Waals surface area contributed by atoms with E-state index in [-0.39, 0.29) is 11.1 Å². The number of halogens is 2. The highest BCUT2D eigenvalue weighted by molar-refractivity contribution is 6.35. The van der Waals surface area contributed by atoms with Gasteiger partial charge in [0.05, 0.1) is 10.6 Å². The number of benzene rings is 1. The molecule has 0 aliphatic rings. The van der Waals surface area contributed by atoms with Gasteiger partial charge < -0.3 is 4.90 Å². The molecule has 2 rings (SSSR count). The Morgan fingerprint density at radius 1 is 1.25 bits per heavy atom. The molecule has 2 aromatic rings. The van der Waals surface area contributed by atoms with Crippen LogP contribution in [0.25, 0.3) is 0 Å². The minimum absolute atomic E-state index is 0.148. The van der Waals surface area contributed by atoms with Crippen LogP contribution in [0.2, 0.25) is 10.2 Å². The molecular weight excluding hydrogens is 295 g/mol. The molecule has 1 amide bonds. The summed E-state index contributed by atoms with van der Waals surface area (Å²) in [5.74, 6) is -0.148. The van der Waals surface area contributed by atoms with Crippen LogP contribution in [0.1, 0.15) is 22.8 Å². The monoisotopic (exact) mass is 308 g/mol. The smallest absolute Gasteiger partial charge is 0.255 e. The number of rotatable bonds is 4. The molecule has 0 spiro atoms. The Morgan fingerprint density at radius 3 is 2.60 bits per heavy atom. The van der Waals surface area contributed by atoms with E-state index >= 15 is 0 Å². The molecular formula is C15H14Cl2N2O. The van der Waals surface area contributed by atoms with Gasteiger partial charge in [-0.1, -0.05) is 53.5 Å². The summed E-state index contributed by atoms with van der Waals surface area (Å²) in [5, 5.41) is 0.569. The van der Waals surface area contributed by atoms with E-state index in [9.17, 15) is 4.79 Å². The standard InChI is InChI=1S/C15H14Cl2N2O/c1-2-19(10-11-6-4-3-5-7-11)15(20)12-8-14(17)18-9-13(12)16/h3-9H,2,10H2,1H3. The quantitative estimate of drug-likeness (QED) is 0.798. The summed E-state index contributed by atoms with van der Waals surface area (Å²) < 4.78 is 0. The van der Waals surface area contributed by atoms with Crippen LogP contribution in [0.4, 0.5) is 0 Å². The number of hydrogen-bond acceptors (Lipinski definition) is 2. The van der Waals surface area contributed by atoms with Gasteiger partial charge in [-0.15, -0.1) is 0 Å². The second-order valence-electron chi connectivity index (χ2n) is 4.29. The first-order chi connectivity index (χ1) is 9.61. The number of aromatic nitrogens is 1. The van der Waals surface area contributed by atoms with E-state index in [0.29, 0.717) is 23.7 Å². The Labute approximate surface area is 128 Å². The minimum atomic E-state index is -0.148. The lowest BCUT2D eigenvalue weighted by molar-refractivity contribution is 0.0752. The van der Waals surface area contributed by atoms with E-state index in [1.165, 1.54) is 12.3 Å². The largest absolute Gasteiger partial charge is 0.335 e. The third-order valence-electron chi connectivity index (χ3n) is 2.94. The summed E-state index contributed by atoms with van der Waals surface area (Å²) in [6, 6.07) is 11.3. The molecule has 1 aromatic heterocycles. The van der Waals surface area contributed by atoms with Crippen LogP contribution in [-0.4, -0.2) is 22.3 Å². The van der Waals surface area contributed by atoms with Gasteiger partial charge in [-0.05, 0) is 18.6 Å². The molecule has 0 aliphatic heterocycles. The van der Waals surface area contributed by atoms with Crippen molar-refractivity contribution in [3.8, 4) is 0 Å². The van der Waals surface area contributed by atoms with Crippen molar-refractivity contribution in [3.05, 3.63) is 63.9 Å². The predicted molar refractivity (Wildman–Crippen MR) is 81.1 cm³/mol. The Hall–Kier alpha value is -1.58. The maximum atomic E-state index is 12.5. The lowest BCUT2D eigenvalue weighted by Crippen LogP contribution is -2.30. The van der Waals surface area contributed by atoms with Crippen LogP contribution in [0.15, 0.2) is 42.6 Å². The molecule has 1 heterocycles. The molecule has 0 atom stereocenters. The van der Waals surface area contributed by atoms with Crippen molar-refractivity contribution < 1.29 is 4.79 Å². The van der Waals surface area contributed by atoms with Crippen molar-refractivity contribution in [1.82, 2.24) is 9.88 Å². The van der Waals surface area contributed by atoms with Gasteiger partial charge in [-0.3, -0.25) is 4.79 Å². The number of nitrogens with zero attached hydrogens (tertiary/aromatic N) is 2. The van der Waals surface area contributed by atoms with Crippen LogP contribution in [-0.2, 0) is 6.54 Å². The van der Waals surface area contributed by atoms with Crippen molar-refractivity contribution in [2.45, 2.75) is 13.5 Å². The highest BCUT2D eigenvalue weighted by atomic mass is 35.5. The number of hydrogen-bond donors (Lipinski definition) is 0. The molecule has 1 aromatic carbocycles. The topological polar surface area (TPSA) is 33.2 Å². The zero-order valence-electron chi connectivity index (χ0n) is 11.0. The van der Waals surface area contributed by atoms with E-state index in [2.05, 4.69) is 4.98 Å². The number of amides is 1. The number of pyridine rings is 1. The van der Waals surface area contributed by atoms with Crippen molar-refractivity contribution >= 4 is 29.1 Å². The second kappa shape index (κ2) is 6.73. The molecule has 5 heteroatoms. The minimum Gasteiger partial charge on any atom is -0.335 e. The normalized spacial score (nSPS) is 10.3. The first-order valence-electron chi connectivity index (χ1n) is 6.26. The fourth-order valence-electron chi connectivity index (χ4n) is 1.88. The van der Waals surface area contributed by atoms with Crippen molar-refractivity contribution in [3.63, 3.8) is 0 Å². The summed E-state index contributed by atoms with van der Waals surface area (Å²) in [4.78, 5) is 18.1. The second-order valence-corrected chi connectivity index (χ2v) is 5.09. The van der Waals surface area contributed by atoms with Gasteiger partial charge in [0.2, 0.25) is 0 Å². The highest BCUT2D eigenvalue weighted by Gasteiger charge is 2.18. The SMILES string of the molecule is CCN(Cc1ccccc1)C(=O)c1cc(Cl)ncc1Cl. The van der Waals surface area contributed by atoms with Gasteiger partial charge in [0.15, 0.2) is 0 Å². The van der Waals surface area contributed by atoms with Crippen LogP contribution in [0, 0.1) is 0 Å². The summed E-state index contributed by atoms with van der Waals surface area (Å²) in [5.41, 5.74) is 1.45. The zero-order chi connectivity index (χ0) is 14.5. The summed E-state index contributed by atoms with van der Waals surface area (Å²) in [6.07, 6.45) is 1.40. The zero-order valence-corrected chi connectivity index (χ0v) is 12.5. The molecule has 0 radical (unpaired) electrons. The van der Waals surface area contributed by atoms with Crippen molar-refractivity contribution in [2.24, 2.45) is 0 Å².